The number of anilines is 1. The van der Waals surface area contributed by atoms with E-state index in [2.05, 4.69) is 5.32 Å². The number of amides is 3. The summed E-state index contributed by atoms with van der Waals surface area (Å²) in [6, 6.07) is 7.10. The molecule has 3 rings (SSSR count). The molecule has 1 unspecified atom stereocenters. The molecule has 0 aromatic heterocycles. The zero-order chi connectivity index (χ0) is 18.0. The van der Waals surface area contributed by atoms with Gasteiger partial charge in [-0.05, 0) is 51.0 Å². The van der Waals surface area contributed by atoms with E-state index in [1.165, 1.54) is 0 Å². The van der Waals surface area contributed by atoms with Crippen LogP contribution in [0.5, 0.6) is 0 Å². The number of likely N-dealkylation sites (tertiary alicyclic amines) is 2. The van der Waals surface area contributed by atoms with E-state index in [0.29, 0.717) is 17.8 Å². The van der Waals surface area contributed by atoms with E-state index in [-0.39, 0.29) is 36.1 Å². The molecule has 0 spiro atoms. The molecule has 2 heterocycles. The Morgan fingerprint density at radius 1 is 1.12 bits per heavy atom. The molecule has 6 heteroatoms. The van der Waals surface area contributed by atoms with Crippen molar-refractivity contribution in [3.8, 4) is 0 Å². The van der Waals surface area contributed by atoms with Gasteiger partial charge < -0.3 is 15.1 Å². The molecule has 2 aliphatic heterocycles. The first-order chi connectivity index (χ1) is 12.0. The summed E-state index contributed by atoms with van der Waals surface area (Å²) in [6.45, 7) is 6.01. The number of carbonyl (C=O) groups is 3. The lowest BCUT2D eigenvalue weighted by atomic mass is 10.1. The highest BCUT2D eigenvalue weighted by Gasteiger charge is 2.35. The van der Waals surface area contributed by atoms with E-state index in [1.807, 2.05) is 18.7 Å². The minimum atomic E-state index is -0.319. The fourth-order valence-corrected chi connectivity index (χ4v) is 3.45. The Kier molecular flexibility index (Phi) is 5.06. The number of hydrogen-bond donors (Lipinski definition) is 1. The van der Waals surface area contributed by atoms with Gasteiger partial charge in [0.15, 0.2) is 0 Å². The number of rotatable bonds is 4. The van der Waals surface area contributed by atoms with Crippen molar-refractivity contribution in [2.75, 3.05) is 25.0 Å². The van der Waals surface area contributed by atoms with Gasteiger partial charge in [-0.2, -0.15) is 0 Å². The van der Waals surface area contributed by atoms with Gasteiger partial charge in [-0.1, -0.05) is 0 Å². The van der Waals surface area contributed by atoms with Gasteiger partial charge in [-0.25, -0.2) is 0 Å². The molecular weight excluding hydrogens is 318 g/mol. The highest BCUT2D eigenvalue weighted by molar-refractivity contribution is 5.98. The monoisotopic (exact) mass is 343 g/mol. The summed E-state index contributed by atoms with van der Waals surface area (Å²) in [7, 11) is 0. The quantitative estimate of drug-likeness (QED) is 0.910. The fraction of sp³-hybridized carbons (Fsp3) is 0.526. The molecule has 1 N–H and O–H groups in total. The van der Waals surface area contributed by atoms with Crippen LogP contribution >= 0.6 is 0 Å². The van der Waals surface area contributed by atoms with Crippen molar-refractivity contribution in [2.24, 2.45) is 5.92 Å². The van der Waals surface area contributed by atoms with Crippen LogP contribution in [-0.4, -0.2) is 53.2 Å². The summed E-state index contributed by atoms with van der Waals surface area (Å²) in [5, 5.41) is 2.86. The predicted molar refractivity (Wildman–Crippen MR) is 95.2 cm³/mol. The first kappa shape index (κ1) is 17.5. The molecule has 1 aromatic rings. The van der Waals surface area contributed by atoms with Gasteiger partial charge in [0.1, 0.15) is 0 Å². The van der Waals surface area contributed by atoms with Crippen LogP contribution in [0, 0.1) is 5.92 Å². The van der Waals surface area contributed by atoms with Gasteiger partial charge in [-0.15, -0.1) is 0 Å². The Balaban J connectivity index is 1.59. The highest BCUT2D eigenvalue weighted by Crippen LogP contribution is 2.22. The molecule has 2 saturated heterocycles. The molecule has 2 aliphatic rings. The van der Waals surface area contributed by atoms with Crippen molar-refractivity contribution in [1.82, 2.24) is 9.80 Å². The molecular formula is C19H25N3O3. The van der Waals surface area contributed by atoms with E-state index in [9.17, 15) is 14.4 Å². The summed E-state index contributed by atoms with van der Waals surface area (Å²) < 4.78 is 0. The van der Waals surface area contributed by atoms with Crippen molar-refractivity contribution < 1.29 is 14.4 Å². The predicted octanol–water partition coefficient (Wildman–Crippen LogP) is 2.12. The molecule has 1 aromatic carbocycles. The second kappa shape index (κ2) is 7.25. The lowest BCUT2D eigenvalue weighted by molar-refractivity contribution is -0.129. The van der Waals surface area contributed by atoms with E-state index in [4.69, 9.17) is 0 Å². The normalized spacial score (nSPS) is 20.4. The molecule has 0 saturated carbocycles. The van der Waals surface area contributed by atoms with E-state index in [1.54, 1.807) is 29.2 Å². The smallest absolute Gasteiger partial charge is 0.253 e. The number of nitrogens with zero attached hydrogens (tertiary/aromatic N) is 2. The summed E-state index contributed by atoms with van der Waals surface area (Å²) >= 11 is 0. The summed E-state index contributed by atoms with van der Waals surface area (Å²) in [5.74, 6) is -0.387. The summed E-state index contributed by atoms with van der Waals surface area (Å²) in [6.07, 6.45) is 2.39. The lowest BCUT2D eigenvalue weighted by Gasteiger charge is -2.20. The molecule has 25 heavy (non-hydrogen) atoms. The topological polar surface area (TPSA) is 69.7 Å². The summed E-state index contributed by atoms with van der Waals surface area (Å²) in [5.41, 5.74) is 1.29. The minimum absolute atomic E-state index is 0.0294. The molecule has 6 nitrogen and oxygen atoms in total. The van der Waals surface area contributed by atoms with Crippen LogP contribution < -0.4 is 5.32 Å². The number of hydrogen-bond acceptors (Lipinski definition) is 3. The lowest BCUT2D eigenvalue weighted by Crippen LogP contribution is -2.33. The maximum Gasteiger partial charge on any atom is 0.253 e. The third-order valence-corrected chi connectivity index (χ3v) is 4.95. The standard InChI is InChI=1S/C19H25N3O3/c1-13(2)22-12-15(11-17(22)23)18(24)20-16-7-5-14(6-8-16)19(25)21-9-3-4-10-21/h5-8,13,15H,3-4,9-12H2,1-2H3,(H,20,24). The molecule has 134 valence electrons. The van der Waals surface area contributed by atoms with Gasteiger partial charge in [0, 0.05) is 43.3 Å². The van der Waals surface area contributed by atoms with E-state index in [0.717, 1.165) is 25.9 Å². The second-order valence-electron chi connectivity index (χ2n) is 7.11. The van der Waals surface area contributed by atoms with Crippen LogP contribution in [0.3, 0.4) is 0 Å². The maximum absolute atomic E-state index is 12.4. The van der Waals surface area contributed by atoms with Gasteiger partial charge in [0.2, 0.25) is 11.8 Å². The van der Waals surface area contributed by atoms with Crippen LogP contribution in [0.1, 0.15) is 43.5 Å². The fourth-order valence-electron chi connectivity index (χ4n) is 3.45. The van der Waals surface area contributed by atoms with Gasteiger partial charge in [0.25, 0.3) is 5.91 Å². The Labute approximate surface area is 148 Å². The van der Waals surface area contributed by atoms with Crippen molar-refractivity contribution in [1.29, 1.82) is 0 Å². The molecule has 0 radical (unpaired) electrons. The van der Waals surface area contributed by atoms with E-state index < -0.39 is 0 Å². The van der Waals surface area contributed by atoms with Gasteiger partial charge >= 0.3 is 0 Å². The zero-order valence-corrected chi connectivity index (χ0v) is 14.8. The SMILES string of the molecule is CC(C)N1CC(C(=O)Nc2ccc(C(=O)N3CCCC3)cc2)CC1=O. The first-order valence-corrected chi connectivity index (χ1v) is 8.95. The van der Waals surface area contributed by atoms with Crippen LogP contribution in [-0.2, 0) is 9.59 Å². The average Bonchev–Trinajstić information content (AvgIpc) is 3.24. The molecule has 0 aliphatic carbocycles. The van der Waals surface area contributed by atoms with Crippen LogP contribution in [0.2, 0.25) is 0 Å². The Morgan fingerprint density at radius 3 is 2.32 bits per heavy atom. The Morgan fingerprint density at radius 2 is 1.76 bits per heavy atom. The molecule has 2 fully saturated rings. The number of nitrogens with one attached hydrogen (secondary N) is 1. The van der Waals surface area contributed by atoms with Crippen molar-refractivity contribution in [3.63, 3.8) is 0 Å². The molecule has 1 atom stereocenters. The first-order valence-electron chi connectivity index (χ1n) is 8.95. The van der Waals surface area contributed by atoms with Gasteiger partial charge in [-0.3, -0.25) is 14.4 Å². The number of carbonyl (C=O) groups excluding carboxylic acids is 3. The second-order valence-corrected chi connectivity index (χ2v) is 7.11. The van der Waals surface area contributed by atoms with Crippen LogP contribution in [0.25, 0.3) is 0 Å². The minimum Gasteiger partial charge on any atom is -0.339 e. The Hall–Kier alpha value is -2.37. The van der Waals surface area contributed by atoms with Crippen molar-refractivity contribution in [2.45, 2.75) is 39.2 Å². The van der Waals surface area contributed by atoms with Gasteiger partial charge in [0.05, 0.1) is 5.92 Å². The van der Waals surface area contributed by atoms with Crippen LogP contribution in [0.15, 0.2) is 24.3 Å². The molecule has 0 bridgehead atoms. The van der Waals surface area contributed by atoms with Crippen molar-refractivity contribution >= 4 is 23.4 Å². The average molecular weight is 343 g/mol. The maximum atomic E-state index is 12.4. The Bertz CT molecular complexity index is 663. The third-order valence-electron chi connectivity index (χ3n) is 4.95. The highest BCUT2D eigenvalue weighted by atomic mass is 16.2. The molecule has 3 amide bonds. The zero-order valence-electron chi connectivity index (χ0n) is 14.8. The summed E-state index contributed by atoms with van der Waals surface area (Å²) in [4.78, 5) is 40.2. The van der Waals surface area contributed by atoms with Crippen molar-refractivity contribution in [3.05, 3.63) is 29.8 Å². The number of benzene rings is 1. The largest absolute Gasteiger partial charge is 0.339 e. The van der Waals surface area contributed by atoms with E-state index >= 15 is 0 Å². The van der Waals surface area contributed by atoms with Crippen LogP contribution in [0.4, 0.5) is 5.69 Å². The third kappa shape index (κ3) is 3.83.